The number of halogens is 2. The molecule has 2 amide bonds. The second-order valence-electron chi connectivity index (χ2n) is 9.70. The Morgan fingerprint density at radius 2 is 1.75 bits per heavy atom. The molecule has 0 heterocycles. The average molecular weight is 455 g/mol. The van der Waals surface area contributed by atoms with Crippen LogP contribution < -0.4 is 10.6 Å². The van der Waals surface area contributed by atoms with E-state index in [0.29, 0.717) is 6.42 Å². The monoisotopic (exact) mass is 454 g/mol. The first kappa shape index (κ1) is 25.9. The van der Waals surface area contributed by atoms with Crippen molar-refractivity contribution in [2.75, 3.05) is 0 Å². The molecule has 0 aromatic heterocycles. The maximum atomic E-state index is 13.8. The molecule has 1 aromatic carbocycles. The van der Waals surface area contributed by atoms with Gasteiger partial charge in [-0.3, -0.25) is 4.79 Å². The molecule has 1 unspecified atom stereocenters. The largest absolute Gasteiger partial charge is 0.503 e. The van der Waals surface area contributed by atoms with Gasteiger partial charge in [0.2, 0.25) is 5.91 Å². The van der Waals surface area contributed by atoms with Gasteiger partial charge in [-0.2, -0.15) is 0 Å². The molecular weight excluding hydrogens is 418 g/mol. The summed E-state index contributed by atoms with van der Waals surface area (Å²) in [5, 5.41) is 14.9. The number of carbonyl (C=O) groups is 2. The van der Waals surface area contributed by atoms with Gasteiger partial charge in [-0.15, -0.1) is 0 Å². The molecule has 0 radical (unpaired) electrons. The summed E-state index contributed by atoms with van der Waals surface area (Å²) in [5.41, 5.74) is -0.140. The number of nitrogens with one attached hydrogen (secondary N) is 2. The molecule has 8 heteroatoms. The normalized spacial score (nSPS) is 16.8. The number of phenols is 1. The first-order chi connectivity index (χ1) is 15.0. The SMILES string of the molecule is CCCC(OC(=O)N[C@H](Cc1cc(F)c(O)c(F)c1)C(=O)NC1CCCCC1)C(C)(C)C. The zero-order valence-electron chi connectivity index (χ0n) is 19.5. The van der Waals surface area contributed by atoms with E-state index < -0.39 is 35.4 Å². The zero-order valence-corrected chi connectivity index (χ0v) is 19.5. The number of ether oxygens (including phenoxy) is 1. The van der Waals surface area contributed by atoms with Crippen molar-refractivity contribution in [3.05, 3.63) is 29.3 Å². The van der Waals surface area contributed by atoms with E-state index in [1.54, 1.807) is 0 Å². The van der Waals surface area contributed by atoms with Crippen LogP contribution in [0, 0.1) is 17.0 Å². The van der Waals surface area contributed by atoms with Gasteiger partial charge in [-0.25, -0.2) is 13.6 Å². The van der Waals surface area contributed by atoms with Crippen molar-refractivity contribution in [2.45, 2.75) is 97.2 Å². The Hall–Kier alpha value is -2.38. The Labute approximate surface area is 189 Å². The minimum absolute atomic E-state index is 0.00674. The van der Waals surface area contributed by atoms with Crippen LogP contribution in [0.5, 0.6) is 5.75 Å². The quantitative estimate of drug-likeness (QED) is 0.517. The summed E-state index contributed by atoms with van der Waals surface area (Å²) in [7, 11) is 0. The molecule has 32 heavy (non-hydrogen) atoms. The van der Waals surface area contributed by atoms with Gasteiger partial charge < -0.3 is 20.5 Å². The van der Waals surface area contributed by atoms with Gasteiger partial charge in [0.05, 0.1) is 0 Å². The van der Waals surface area contributed by atoms with Gasteiger partial charge in [0.25, 0.3) is 0 Å². The number of benzene rings is 1. The molecule has 0 aliphatic heterocycles. The van der Waals surface area contributed by atoms with E-state index in [4.69, 9.17) is 4.74 Å². The van der Waals surface area contributed by atoms with E-state index in [9.17, 15) is 23.5 Å². The van der Waals surface area contributed by atoms with Crippen LogP contribution in [-0.4, -0.2) is 35.3 Å². The van der Waals surface area contributed by atoms with Crippen molar-refractivity contribution in [1.29, 1.82) is 0 Å². The highest BCUT2D eigenvalue weighted by Crippen LogP contribution is 2.26. The Kier molecular flexibility index (Phi) is 9.28. The van der Waals surface area contributed by atoms with Crippen LogP contribution in [0.3, 0.4) is 0 Å². The van der Waals surface area contributed by atoms with E-state index in [2.05, 4.69) is 10.6 Å². The van der Waals surface area contributed by atoms with Crippen LogP contribution in [-0.2, 0) is 16.0 Å². The highest BCUT2D eigenvalue weighted by molar-refractivity contribution is 5.86. The molecule has 3 N–H and O–H groups in total. The lowest BCUT2D eigenvalue weighted by Gasteiger charge is -2.31. The highest BCUT2D eigenvalue weighted by atomic mass is 19.1. The lowest BCUT2D eigenvalue weighted by molar-refractivity contribution is -0.124. The second kappa shape index (κ2) is 11.5. The van der Waals surface area contributed by atoms with Crippen molar-refractivity contribution in [3.8, 4) is 5.75 Å². The molecule has 1 aromatic rings. The van der Waals surface area contributed by atoms with Crippen molar-refractivity contribution >= 4 is 12.0 Å². The van der Waals surface area contributed by atoms with Gasteiger partial charge in [0, 0.05) is 12.5 Å². The smallest absolute Gasteiger partial charge is 0.408 e. The van der Waals surface area contributed by atoms with E-state index in [-0.39, 0.29) is 29.5 Å². The first-order valence-corrected chi connectivity index (χ1v) is 11.5. The summed E-state index contributed by atoms with van der Waals surface area (Å²) >= 11 is 0. The van der Waals surface area contributed by atoms with Crippen molar-refractivity contribution in [1.82, 2.24) is 10.6 Å². The predicted molar refractivity (Wildman–Crippen MR) is 118 cm³/mol. The number of aromatic hydroxyl groups is 1. The molecule has 0 spiro atoms. The Morgan fingerprint density at radius 1 is 1.16 bits per heavy atom. The lowest BCUT2D eigenvalue weighted by Crippen LogP contribution is -2.52. The highest BCUT2D eigenvalue weighted by Gasteiger charge is 2.30. The predicted octanol–water partition coefficient (Wildman–Crippen LogP) is 4.97. The molecule has 0 saturated heterocycles. The molecule has 2 rings (SSSR count). The van der Waals surface area contributed by atoms with Crippen LogP contribution in [0.15, 0.2) is 12.1 Å². The van der Waals surface area contributed by atoms with Gasteiger partial charge >= 0.3 is 6.09 Å². The van der Waals surface area contributed by atoms with Gasteiger partial charge in [-0.1, -0.05) is 53.4 Å². The molecule has 180 valence electrons. The molecule has 1 saturated carbocycles. The summed E-state index contributed by atoms with van der Waals surface area (Å²) in [6, 6.07) is 0.852. The average Bonchev–Trinajstić information content (AvgIpc) is 2.71. The number of hydrogen-bond acceptors (Lipinski definition) is 4. The third-order valence-corrected chi connectivity index (χ3v) is 5.84. The van der Waals surface area contributed by atoms with E-state index in [1.807, 2.05) is 27.7 Å². The van der Waals surface area contributed by atoms with Crippen LogP contribution in [0.4, 0.5) is 13.6 Å². The third kappa shape index (κ3) is 7.64. The number of carbonyl (C=O) groups excluding carboxylic acids is 2. The minimum Gasteiger partial charge on any atom is -0.503 e. The van der Waals surface area contributed by atoms with Crippen LogP contribution in [0.25, 0.3) is 0 Å². The molecule has 6 nitrogen and oxygen atoms in total. The number of hydrogen-bond donors (Lipinski definition) is 3. The Morgan fingerprint density at radius 3 is 2.28 bits per heavy atom. The maximum Gasteiger partial charge on any atom is 0.408 e. The molecule has 1 aliphatic rings. The molecule has 0 bridgehead atoms. The van der Waals surface area contributed by atoms with Gasteiger partial charge in [0.1, 0.15) is 12.1 Å². The van der Waals surface area contributed by atoms with Crippen LogP contribution in [0.2, 0.25) is 0 Å². The minimum atomic E-state index is -1.12. The van der Waals surface area contributed by atoms with E-state index >= 15 is 0 Å². The van der Waals surface area contributed by atoms with Crippen LogP contribution >= 0.6 is 0 Å². The number of rotatable bonds is 8. The molecule has 1 fully saturated rings. The summed E-state index contributed by atoms with van der Waals surface area (Å²) in [6.45, 7) is 7.90. The third-order valence-electron chi connectivity index (χ3n) is 5.84. The molecule has 2 atom stereocenters. The van der Waals surface area contributed by atoms with Crippen molar-refractivity contribution < 1.29 is 28.2 Å². The molecule has 1 aliphatic carbocycles. The summed E-state index contributed by atoms with van der Waals surface area (Å²) in [6.07, 6.45) is 5.13. The standard InChI is InChI=1S/C24H36F2N2O4/c1-5-9-20(24(2,3)4)32-23(31)28-19(22(30)27-16-10-7-6-8-11-16)14-15-12-17(25)21(29)18(26)13-15/h12-13,16,19-20,29H,5-11,14H2,1-4H3,(H,27,30)(H,28,31)/t19-,20?/m1/s1. The Bertz CT molecular complexity index is 766. The number of amides is 2. The van der Waals surface area contributed by atoms with E-state index in [0.717, 1.165) is 50.7 Å². The summed E-state index contributed by atoms with van der Waals surface area (Å²) in [5.74, 6) is -3.74. The topological polar surface area (TPSA) is 87.7 Å². The maximum absolute atomic E-state index is 13.8. The Balaban J connectivity index is 2.16. The fourth-order valence-corrected chi connectivity index (χ4v) is 3.97. The fraction of sp³-hybridized carbons (Fsp3) is 0.667. The first-order valence-electron chi connectivity index (χ1n) is 11.5. The van der Waals surface area contributed by atoms with Crippen LogP contribution in [0.1, 0.15) is 78.2 Å². The van der Waals surface area contributed by atoms with Crippen molar-refractivity contribution in [3.63, 3.8) is 0 Å². The van der Waals surface area contributed by atoms with Gasteiger partial charge in [0.15, 0.2) is 17.4 Å². The number of alkyl carbamates (subject to hydrolysis) is 1. The fourth-order valence-electron chi connectivity index (χ4n) is 3.97. The summed E-state index contributed by atoms with van der Waals surface area (Å²) in [4.78, 5) is 25.6. The number of phenolic OH excluding ortho intramolecular Hbond substituents is 1. The van der Waals surface area contributed by atoms with Gasteiger partial charge in [-0.05, 0) is 42.4 Å². The van der Waals surface area contributed by atoms with E-state index in [1.165, 1.54) is 0 Å². The van der Waals surface area contributed by atoms with Crippen molar-refractivity contribution in [2.24, 2.45) is 5.41 Å². The lowest BCUT2D eigenvalue weighted by atomic mass is 9.86. The summed E-state index contributed by atoms with van der Waals surface area (Å²) < 4.78 is 33.2. The zero-order chi connectivity index (χ0) is 23.9. The second-order valence-corrected chi connectivity index (χ2v) is 9.70. The molecular formula is C24H36F2N2O4.